The fourth-order valence-corrected chi connectivity index (χ4v) is 2.80. The molecule has 0 aliphatic heterocycles. The van der Waals surface area contributed by atoms with Crippen molar-refractivity contribution in [2.75, 3.05) is 0 Å². The Kier molecular flexibility index (Phi) is 5.79. The fourth-order valence-electron chi connectivity index (χ4n) is 2.51. The molecule has 0 unspecified atom stereocenters. The topological polar surface area (TPSA) is 63.6 Å². The Morgan fingerprint density at radius 2 is 1.48 bits per heavy atom. The number of hydrogen-bond acceptors (Lipinski definition) is 4. The van der Waals surface area contributed by atoms with Gasteiger partial charge in [-0.05, 0) is 30.3 Å². The predicted octanol–water partition coefficient (Wildman–Crippen LogP) is 5.48. The highest BCUT2D eigenvalue weighted by Gasteiger charge is 2.27. The molecule has 4 nitrogen and oxygen atoms in total. The van der Waals surface area contributed by atoms with Gasteiger partial charge in [-0.2, -0.15) is 0 Å². The van der Waals surface area contributed by atoms with E-state index < -0.39 is 17.9 Å². The van der Waals surface area contributed by atoms with Gasteiger partial charge in [-0.15, -0.1) is 0 Å². The second kappa shape index (κ2) is 8.25. The molecule has 0 saturated heterocycles. The lowest BCUT2D eigenvalue weighted by atomic mass is 9.99. The number of carbonyl (C=O) groups is 2. The number of halogens is 2. The van der Waals surface area contributed by atoms with Crippen molar-refractivity contribution in [1.82, 2.24) is 0 Å². The zero-order valence-electron chi connectivity index (χ0n) is 13.9. The minimum absolute atomic E-state index is 0.123. The van der Waals surface area contributed by atoms with Gasteiger partial charge in [-0.25, -0.2) is 4.79 Å². The number of benzene rings is 3. The molecule has 1 N–H and O–H groups in total. The van der Waals surface area contributed by atoms with Crippen LogP contribution in [0.4, 0.5) is 0 Å². The Bertz CT molecular complexity index is 969. The van der Waals surface area contributed by atoms with Crippen molar-refractivity contribution in [1.29, 1.82) is 0 Å². The van der Waals surface area contributed by atoms with Crippen LogP contribution in [-0.4, -0.2) is 16.9 Å². The van der Waals surface area contributed by atoms with Gasteiger partial charge in [0, 0.05) is 21.2 Å². The van der Waals surface area contributed by atoms with Gasteiger partial charge in [0.15, 0.2) is 6.10 Å². The van der Waals surface area contributed by atoms with E-state index in [1.807, 2.05) is 0 Å². The van der Waals surface area contributed by atoms with Gasteiger partial charge in [0.05, 0.1) is 0 Å². The summed E-state index contributed by atoms with van der Waals surface area (Å²) in [6.07, 6.45) is -1.20. The second-order valence-corrected chi connectivity index (χ2v) is 6.60. The van der Waals surface area contributed by atoms with Crippen LogP contribution in [0, 0.1) is 0 Å². The largest absolute Gasteiger partial charge is 0.507 e. The van der Waals surface area contributed by atoms with E-state index >= 15 is 0 Å². The first kappa shape index (κ1) is 19.0. The first-order valence-electron chi connectivity index (χ1n) is 8.00. The Hall–Kier alpha value is -2.82. The van der Waals surface area contributed by atoms with Crippen molar-refractivity contribution in [2.24, 2.45) is 0 Å². The number of phenolic OH excluding ortho intramolecular Hbond substituents is 1. The third-order valence-corrected chi connectivity index (χ3v) is 4.36. The van der Waals surface area contributed by atoms with Crippen LogP contribution in [0.5, 0.6) is 5.75 Å². The van der Waals surface area contributed by atoms with Crippen molar-refractivity contribution >= 4 is 35.0 Å². The number of phenols is 1. The minimum atomic E-state index is -1.20. The third-order valence-electron chi connectivity index (χ3n) is 3.87. The van der Waals surface area contributed by atoms with Crippen molar-refractivity contribution in [2.45, 2.75) is 6.10 Å². The predicted molar refractivity (Wildman–Crippen MR) is 103 cm³/mol. The maximum atomic E-state index is 13.0. The Morgan fingerprint density at radius 3 is 2.15 bits per heavy atom. The number of carbonyl (C=O) groups excluding carboxylic acids is 2. The molecule has 0 bridgehead atoms. The molecule has 0 heterocycles. The summed E-state index contributed by atoms with van der Waals surface area (Å²) in [4.78, 5) is 25.5. The average molecular weight is 401 g/mol. The van der Waals surface area contributed by atoms with Crippen LogP contribution >= 0.6 is 23.2 Å². The Labute approximate surface area is 165 Å². The molecule has 0 spiro atoms. The molecule has 1 atom stereocenters. The van der Waals surface area contributed by atoms with Crippen molar-refractivity contribution in [3.8, 4) is 5.75 Å². The number of rotatable bonds is 5. The molecule has 0 aliphatic rings. The minimum Gasteiger partial charge on any atom is -0.507 e. The third kappa shape index (κ3) is 4.48. The highest BCUT2D eigenvalue weighted by Crippen LogP contribution is 2.28. The van der Waals surface area contributed by atoms with Crippen LogP contribution < -0.4 is 0 Å². The summed E-state index contributed by atoms with van der Waals surface area (Å²) < 4.78 is 5.46. The number of Topliss-reactive ketones (excluding diaryl/α,β-unsaturated/α-hetero) is 1. The Balaban J connectivity index is 1.97. The lowest BCUT2D eigenvalue weighted by molar-refractivity contribution is 0.0277. The van der Waals surface area contributed by atoms with E-state index in [9.17, 15) is 14.7 Å². The molecule has 0 amide bonds. The zero-order valence-corrected chi connectivity index (χ0v) is 15.4. The summed E-state index contributed by atoms with van der Waals surface area (Å²) in [5.74, 6) is -1.54. The number of hydrogen-bond donors (Lipinski definition) is 1. The molecule has 0 fully saturated rings. The van der Waals surface area contributed by atoms with Crippen LogP contribution in [0.2, 0.25) is 10.0 Å². The van der Waals surface area contributed by atoms with Gasteiger partial charge in [0.2, 0.25) is 5.78 Å². The summed E-state index contributed by atoms with van der Waals surface area (Å²) in [7, 11) is 0. The smallest absolute Gasteiger partial charge is 0.343 e. The van der Waals surface area contributed by atoms with Crippen LogP contribution in [0.25, 0.3) is 0 Å². The molecule has 6 heteroatoms. The van der Waals surface area contributed by atoms with E-state index in [1.165, 1.54) is 18.2 Å². The van der Waals surface area contributed by atoms with Crippen LogP contribution in [-0.2, 0) is 4.74 Å². The molecular weight excluding hydrogens is 387 g/mol. The Morgan fingerprint density at radius 1 is 0.852 bits per heavy atom. The molecule has 0 saturated carbocycles. The maximum Gasteiger partial charge on any atom is 0.343 e. The molecule has 27 heavy (non-hydrogen) atoms. The summed E-state index contributed by atoms with van der Waals surface area (Å²) >= 11 is 11.8. The highest BCUT2D eigenvalue weighted by molar-refractivity contribution is 6.31. The maximum absolute atomic E-state index is 13.0. The number of ketones is 1. The SMILES string of the molecule is O=C(O[C@H](C(=O)c1ccccc1)c1ccc(Cl)cc1)c1cc(Cl)ccc1O. The van der Waals surface area contributed by atoms with Crippen molar-refractivity contribution in [3.63, 3.8) is 0 Å². The van der Waals surface area contributed by atoms with E-state index in [1.54, 1.807) is 54.6 Å². The number of aromatic hydroxyl groups is 1. The van der Waals surface area contributed by atoms with Crippen LogP contribution in [0.3, 0.4) is 0 Å². The molecular formula is C21H14Cl2O4. The molecule has 0 radical (unpaired) electrons. The molecule has 0 aromatic heterocycles. The quantitative estimate of drug-likeness (QED) is 0.454. The molecule has 3 aromatic carbocycles. The van der Waals surface area contributed by atoms with Gasteiger partial charge in [0.1, 0.15) is 11.3 Å². The fraction of sp³-hybridized carbons (Fsp3) is 0.0476. The second-order valence-electron chi connectivity index (χ2n) is 5.73. The van der Waals surface area contributed by atoms with Gasteiger partial charge in [-0.1, -0.05) is 65.7 Å². The van der Waals surface area contributed by atoms with Crippen LogP contribution in [0.15, 0.2) is 72.8 Å². The van der Waals surface area contributed by atoms with Gasteiger partial charge in [-0.3, -0.25) is 4.79 Å². The summed E-state index contributed by atoms with van der Waals surface area (Å²) in [6.45, 7) is 0. The van der Waals surface area contributed by atoms with E-state index in [0.29, 0.717) is 16.1 Å². The lowest BCUT2D eigenvalue weighted by Crippen LogP contribution is -2.20. The van der Waals surface area contributed by atoms with Gasteiger partial charge >= 0.3 is 5.97 Å². The first-order chi connectivity index (χ1) is 13.0. The van der Waals surface area contributed by atoms with Crippen molar-refractivity contribution < 1.29 is 19.4 Å². The van der Waals surface area contributed by atoms with E-state index in [0.717, 1.165) is 0 Å². The van der Waals surface area contributed by atoms with Crippen molar-refractivity contribution in [3.05, 3.63) is 99.5 Å². The van der Waals surface area contributed by atoms with E-state index in [2.05, 4.69) is 0 Å². The standard InChI is InChI=1S/C21H14Cl2O4/c22-15-8-6-14(7-9-15)20(19(25)13-4-2-1-3-5-13)27-21(26)17-12-16(23)10-11-18(17)24/h1-12,20,24H/t20-/m0/s1. The average Bonchev–Trinajstić information content (AvgIpc) is 2.69. The van der Waals surface area contributed by atoms with Gasteiger partial charge in [0.25, 0.3) is 0 Å². The van der Waals surface area contributed by atoms with Gasteiger partial charge < -0.3 is 9.84 Å². The molecule has 136 valence electrons. The monoisotopic (exact) mass is 400 g/mol. The summed E-state index contributed by atoms with van der Waals surface area (Å²) in [6, 6.07) is 18.9. The molecule has 0 aliphatic carbocycles. The zero-order chi connectivity index (χ0) is 19.4. The summed E-state index contributed by atoms with van der Waals surface area (Å²) in [5, 5.41) is 10.7. The first-order valence-corrected chi connectivity index (χ1v) is 8.75. The number of ether oxygens (including phenoxy) is 1. The highest BCUT2D eigenvalue weighted by atomic mass is 35.5. The van der Waals surface area contributed by atoms with E-state index in [-0.39, 0.29) is 16.3 Å². The summed E-state index contributed by atoms with van der Waals surface area (Å²) in [5.41, 5.74) is 0.728. The molecule has 3 aromatic rings. The normalized spacial score (nSPS) is 11.6. The van der Waals surface area contributed by atoms with E-state index in [4.69, 9.17) is 27.9 Å². The lowest BCUT2D eigenvalue weighted by Gasteiger charge is -2.18. The van der Waals surface area contributed by atoms with Crippen LogP contribution in [0.1, 0.15) is 32.4 Å². The molecule has 3 rings (SSSR count). The number of esters is 1.